The molecule has 2 aromatic carbocycles. The number of nitrogen functional groups attached to an aromatic ring is 1. The van der Waals surface area contributed by atoms with Crippen molar-refractivity contribution >= 4 is 17.6 Å². The maximum Gasteiger partial charge on any atom is 0.336 e. The number of carbonyl (C=O) groups is 2. The van der Waals surface area contributed by atoms with E-state index in [0.29, 0.717) is 17.7 Å². The molecular formula is C16H15NO4. The van der Waals surface area contributed by atoms with E-state index in [2.05, 4.69) is 0 Å². The minimum absolute atomic E-state index is 0.00783. The van der Waals surface area contributed by atoms with Crippen molar-refractivity contribution in [3.05, 3.63) is 64.2 Å². The Bertz CT molecular complexity index is 705. The van der Waals surface area contributed by atoms with E-state index in [1.54, 1.807) is 18.2 Å². The first-order valence-corrected chi connectivity index (χ1v) is 6.33. The molecule has 0 bridgehead atoms. The maximum atomic E-state index is 11.4. The first kappa shape index (κ1) is 14.6. The Labute approximate surface area is 121 Å². The molecule has 0 aliphatic carbocycles. The fourth-order valence-electron chi connectivity index (χ4n) is 2.30. The lowest BCUT2D eigenvalue weighted by atomic mass is 9.93. The Balaban J connectivity index is 2.48. The topological polar surface area (TPSA) is 101 Å². The van der Waals surface area contributed by atoms with Crippen LogP contribution in [-0.4, -0.2) is 22.2 Å². The molecule has 0 radical (unpaired) electrons. The molecule has 108 valence electrons. The first-order valence-electron chi connectivity index (χ1n) is 6.33. The number of hydrogen-bond acceptors (Lipinski definition) is 3. The van der Waals surface area contributed by atoms with Crippen LogP contribution in [0.4, 0.5) is 5.69 Å². The van der Waals surface area contributed by atoms with E-state index >= 15 is 0 Å². The van der Waals surface area contributed by atoms with Gasteiger partial charge in [-0.1, -0.05) is 18.2 Å². The highest BCUT2D eigenvalue weighted by molar-refractivity contribution is 5.97. The molecule has 0 spiro atoms. The van der Waals surface area contributed by atoms with Gasteiger partial charge in [-0.15, -0.1) is 0 Å². The SMILES string of the molecule is Cc1c(C(=O)O)ccc(Cc2ccc(N)cc2)c1C(=O)O. The highest BCUT2D eigenvalue weighted by Crippen LogP contribution is 2.22. The van der Waals surface area contributed by atoms with Crippen molar-refractivity contribution < 1.29 is 19.8 Å². The zero-order chi connectivity index (χ0) is 15.6. The van der Waals surface area contributed by atoms with Crippen LogP contribution in [-0.2, 0) is 6.42 Å². The van der Waals surface area contributed by atoms with E-state index in [9.17, 15) is 14.7 Å². The lowest BCUT2D eigenvalue weighted by molar-refractivity contribution is 0.0695. The number of benzene rings is 2. The molecule has 0 saturated heterocycles. The zero-order valence-electron chi connectivity index (χ0n) is 11.5. The number of carboxylic acid groups (broad SMARTS) is 2. The molecule has 5 nitrogen and oxygen atoms in total. The summed E-state index contributed by atoms with van der Waals surface area (Å²) in [6, 6.07) is 10.1. The van der Waals surface area contributed by atoms with E-state index in [-0.39, 0.29) is 16.7 Å². The summed E-state index contributed by atoms with van der Waals surface area (Å²) in [7, 11) is 0. The monoisotopic (exact) mass is 285 g/mol. The molecule has 2 rings (SSSR count). The summed E-state index contributed by atoms with van der Waals surface area (Å²) in [6.45, 7) is 1.51. The average molecular weight is 285 g/mol. The van der Waals surface area contributed by atoms with Gasteiger partial charge >= 0.3 is 11.9 Å². The summed E-state index contributed by atoms with van der Waals surface area (Å²) in [5.41, 5.74) is 8.06. The van der Waals surface area contributed by atoms with Crippen LogP contribution in [0, 0.1) is 6.92 Å². The van der Waals surface area contributed by atoms with Crippen LogP contribution in [0.5, 0.6) is 0 Å². The highest BCUT2D eigenvalue weighted by atomic mass is 16.4. The molecule has 0 atom stereocenters. The van der Waals surface area contributed by atoms with E-state index < -0.39 is 11.9 Å². The minimum atomic E-state index is -1.13. The predicted molar refractivity (Wildman–Crippen MR) is 78.8 cm³/mol. The van der Waals surface area contributed by atoms with Crippen LogP contribution in [0.15, 0.2) is 36.4 Å². The van der Waals surface area contributed by atoms with Gasteiger partial charge < -0.3 is 15.9 Å². The molecule has 2 aromatic rings. The normalized spacial score (nSPS) is 10.3. The molecule has 4 N–H and O–H groups in total. The molecule has 5 heteroatoms. The second-order valence-corrected chi connectivity index (χ2v) is 4.80. The molecule has 0 aliphatic rings. The van der Waals surface area contributed by atoms with Gasteiger partial charge in [0.15, 0.2) is 0 Å². The molecule has 0 saturated carbocycles. The molecule has 0 fully saturated rings. The van der Waals surface area contributed by atoms with Crippen LogP contribution >= 0.6 is 0 Å². The summed E-state index contributed by atoms with van der Waals surface area (Å²) >= 11 is 0. The van der Waals surface area contributed by atoms with Gasteiger partial charge in [0.05, 0.1) is 11.1 Å². The van der Waals surface area contributed by atoms with Gasteiger partial charge in [0.1, 0.15) is 0 Å². The van der Waals surface area contributed by atoms with Gasteiger partial charge in [-0.25, -0.2) is 9.59 Å². The fraction of sp³-hybridized carbons (Fsp3) is 0.125. The largest absolute Gasteiger partial charge is 0.478 e. The first-order chi connectivity index (χ1) is 9.90. The predicted octanol–water partition coefficient (Wildman–Crippen LogP) is 2.56. The standard InChI is InChI=1S/C16H15NO4/c1-9-13(15(18)19)7-4-11(14(9)16(20)21)8-10-2-5-12(17)6-3-10/h2-7H,8,17H2,1H3,(H,18,19)(H,20,21). The second kappa shape index (κ2) is 5.66. The van der Waals surface area contributed by atoms with Crippen molar-refractivity contribution in [3.63, 3.8) is 0 Å². The number of anilines is 1. The quantitative estimate of drug-likeness (QED) is 0.749. The third-order valence-corrected chi connectivity index (χ3v) is 3.37. The smallest absolute Gasteiger partial charge is 0.336 e. The number of nitrogens with two attached hydrogens (primary N) is 1. The van der Waals surface area contributed by atoms with Crippen molar-refractivity contribution in [3.8, 4) is 0 Å². The van der Waals surface area contributed by atoms with Crippen LogP contribution < -0.4 is 5.73 Å². The highest BCUT2D eigenvalue weighted by Gasteiger charge is 2.19. The minimum Gasteiger partial charge on any atom is -0.478 e. The van der Waals surface area contributed by atoms with Gasteiger partial charge in [0, 0.05) is 5.69 Å². The molecule has 21 heavy (non-hydrogen) atoms. The Hall–Kier alpha value is -2.82. The van der Waals surface area contributed by atoms with E-state index in [0.717, 1.165) is 5.56 Å². The van der Waals surface area contributed by atoms with Crippen LogP contribution in [0.3, 0.4) is 0 Å². The number of aromatic carboxylic acids is 2. The molecule has 0 aromatic heterocycles. The lowest BCUT2D eigenvalue weighted by Gasteiger charge is -2.12. The van der Waals surface area contributed by atoms with Crippen LogP contribution in [0.1, 0.15) is 37.4 Å². The van der Waals surface area contributed by atoms with Crippen molar-refractivity contribution in [1.82, 2.24) is 0 Å². The van der Waals surface area contributed by atoms with E-state index in [1.807, 2.05) is 12.1 Å². The lowest BCUT2D eigenvalue weighted by Crippen LogP contribution is -2.11. The van der Waals surface area contributed by atoms with Crippen molar-refractivity contribution in [2.45, 2.75) is 13.3 Å². The van der Waals surface area contributed by atoms with Gasteiger partial charge in [0.25, 0.3) is 0 Å². The Morgan fingerprint density at radius 1 is 1.00 bits per heavy atom. The number of rotatable bonds is 4. The molecule has 0 aliphatic heterocycles. The van der Waals surface area contributed by atoms with Gasteiger partial charge in [-0.2, -0.15) is 0 Å². The van der Waals surface area contributed by atoms with Crippen molar-refractivity contribution in [2.24, 2.45) is 0 Å². The summed E-state index contributed by atoms with van der Waals surface area (Å²) in [5.74, 6) is -2.25. The molecule has 0 unspecified atom stereocenters. The van der Waals surface area contributed by atoms with Gasteiger partial charge in [-0.3, -0.25) is 0 Å². The zero-order valence-corrected chi connectivity index (χ0v) is 11.5. The summed E-state index contributed by atoms with van der Waals surface area (Å²) in [5, 5.41) is 18.4. The van der Waals surface area contributed by atoms with E-state index in [1.165, 1.54) is 13.0 Å². The Morgan fingerprint density at radius 2 is 1.62 bits per heavy atom. The maximum absolute atomic E-state index is 11.4. The summed E-state index contributed by atoms with van der Waals surface area (Å²) in [6.07, 6.45) is 0.405. The molecule has 0 heterocycles. The third kappa shape index (κ3) is 3.02. The van der Waals surface area contributed by atoms with Gasteiger partial charge in [0.2, 0.25) is 0 Å². The van der Waals surface area contributed by atoms with Crippen molar-refractivity contribution in [2.75, 3.05) is 5.73 Å². The Kier molecular flexibility index (Phi) is 3.93. The number of hydrogen-bond donors (Lipinski definition) is 3. The third-order valence-electron chi connectivity index (χ3n) is 3.37. The summed E-state index contributed by atoms with van der Waals surface area (Å²) in [4.78, 5) is 22.5. The second-order valence-electron chi connectivity index (χ2n) is 4.80. The number of carboxylic acids is 2. The van der Waals surface area contributed by atoms with E-state index in [4.69, 9.17) is 10.8 Å². The summed E-state index contributed by atoms with van der Waals surface area (Å²) < 4.78 is 0. The molecular weight excluding hydrogens is 270 g/mol. The average Bonchev–Trinajstić information content (AvgIpc) is 2.40. The fourth-order valence-corrected chi connectivity index (χ4v) is 2.30. The molecule has 0 amide bonds. The van der Waals surface area contributed by atoms with Gasteiger partial charge in [-0.05, 0) is 48.2 Å². The van der Waals surface area contributed by atoms with Crippen LogP contribution in [0.2, 0.25) is 0 Å². The van der Waals surface area contributed by atoms with Crippen molar-refractivity contribution in [1.29, 1.82) is 0 Å². The Morgan fingerprint density at radius 3 is 2.14 bits per heavy atom. The van der Waals surface area contributed by atoms with Crippen LogP contribution in [0.25, 0.3) is 0 Å².